The number of phenolic OH excluding ortho intramolecular Hbond substituents is 1. The van der Waals surface area contributed by atoms with Gasteiger partial charge in [0, 0.05) is 16.5 Å². The van der Waals surface area contributed by atoms with Gasteiger partial charge in [0.2, 0.25) is 5.91 Å². The molecule has 0 heterocycles. The Bertz CT molecular complexity index is 773. The van der Waals surface area contributed by atoms with Crippen molar-refractivity contribution in [2.75, 3.05) is 0 Å². The van der Waals surface area contributed by atoms with Crippen molar-refractivity contribution >= 4 is 5.91 Å². The molecule has 3 heteroatoms. The molecule has 2 N–H and O–H groups in total. The monoisotopic (exact) mass is 353 g/mol. The van der Waals surface area contributed by atoms with Gasteiger partial charge in [0.25, 0.3) is 0 Å². The van der Waals surface area contributed by atoms with E-state index in [0.717, 1.165) is 31.3 Å². The van der Waals surface area contributed by atoms with Gasteiger partial charge in [0.1, 0.15) is 5.75 Å². The van der Waals surface area contributed by atoms with Gasteiger partial charge in [-0.05, 0) is 93.9 Å². The second-order valence-electron chi connectivity index (χ2n) is 9.81. The third-order valence-electron chi connectivity index (χ3n) is 7.02. The minimum Gasteiger partial charge on any atom is -0.508 e. The molecule has 3 nitrogen and oxygen atoms in total. The molecule has 3 aliphatic carbocycles. The van der Waals surface area contributed by atoms with E-state index in [0.29, 0.717) is 23.5 Å². The molecular formula is C23H31NO2. The molecule has 4 atom stereocenters. The predicted octanol–water partition coefficient (Wildman–Crippen LogP) is 4.70. The molecule has 0 radical (unpaired) electrons. The van der Waals surface area contributed by atoms with Crippen LogP contribution < -0.4 is 5.32 Å². The lowest BCUT2D eigenvalue weighted by atomic mass is 9.54. The number of fused-ring (bicyclic) bond motifs is 5. The van der Waals surface area contributed by atoms with Crippen molar-refractivity contribution in [1.82, 2.24) is 5.32 Å². The van der Waals surface area contributed by atoms with Gasteiger partial charge in [-0.3, -0.25) is 4.79 Å². The average molecular weight is 354 g/mol. The van der Waals surface area contributed by atoms with E-state index in [-0.39, 0.29) is 16.9 Å². The van der Waals surface area contributed by atoms with Gasteiger partial charge in [0.05, 0.1) is 0 Å². The molecule has 4 rings (SSSR count). The van der Waals surface area contributed by atoms with Crippen LogP contribution in [0.15, 0.2) is 29.8 Å². The van der Waals surface area contributed by atoms with Gasteiger partial charge in [-0.25, -0.2) is 0 Å². The maximum atomic E-state index is 12.9. The summed E-state index contributed by atoms with van der Waals surface area (Å²) in [5, 5.41) is 13.0. The molecule has 0 aliphatic heterocycles. The summed E-state index contributed by atoms with van der Waals surface area (Å²) in [6.07, 6.45) is 7.67. The van der Waals surface area contributed by atoms with Crippen molar-refractivity contribution in [3.63, 3.8) is 0 Å². The van der Waals surface area contributed by atoms with Crippen molar-refractivity contribution in [1.29, 1.82) is 0 Å². The topological polar surface area (TPSA) is 49.3 Å². The highest BCUT2D eigenvalue weighted by atomic mass is 16.3. The highest BCUT2D eigenvalue weighted by Gasteiger charge is 2.53. The van der Waals surface area contributed by atoms with Crippen LogP contribution in [0, 0.1) is 17.3 Å². The zero-order valence-electron chi connectivity index (χ0n) is 16.4. The number of carbonyl (C=O) groups is 1. The molecule has 0 aromatic heterocycles. The highest BCUT2D eigenvalue weighted by molar-refractivity contribution is 5.95. The number of allylic oxidation sites excluding steroid dienone is 1. The Morgan fingerprint density at radius 1 is 1.27 bits per heavy atom. The van der Waals surface area contributed by atoms with Crippen molar-refractivity contribution in [2.45, 2.75) is 71.3 Å². The zero-order chi connectivity index (χ0) is 18.7. The summed E-state index contributed by atoms with van der Waals surface area (Å²) in [7, 11) is 0. The predicted molar refractivity (Wildman–Crippen MR) is 104 cm³/mol. The van der Waals surface area contributed by atoms with E-state index in [9.17, 15) is 9.90 Å². The largest absolute Gasteiger partial charge is 0.508 e. The molecule has 1 saturated carbocycles. The molecule has 0 spiro atoms. The van der Waals surface area contributed by atoms with Crippen LogP contribution in [-0.4, -0.2) is 16.6 Å². The summed E-state index contributed by atoms with van der Waals surface area (Å²) in [4.78, 5) is 12.9. The van der Waals surface area contributed by atoms with E-state index >= 15 is 0 Å². The summed E-state index contributed by atoms with van der Waals surface area (Å²) in [6.45, 7) is 8.46. The van der Waals surface area contributed by atoms with Crippen LogP contribution in [0.1, 0.15) is 70.4 Å². The summed E-state index contributed by atoms with van der Waals surface area (Å²) < 4.78 is 0. The molecule has 1 aromatic rings. The second-order valence-corrected chi connectivity index (χ2v) is 9.81. The van der Waals surface area contributed by atoms with Crippen molar-refractivity contribution < 1.29 is 9.90 Å². The summed E-state index contributed by atoms with van der Waals surface area (Å²) in [5.41, 5.74) is 3.59. The maximum Gasteiger partial charge on any atom is 0.247 e. The van der Waals surface area contributed by atoms with Crippen molar-refractivity contribution in [3.8, 4) is 5.75 Å². The lowest BCUT2D eigenvalue weighted by Crippen LogP contribution is -2.47. The number of phenols is 1. The van der Waals surface area contributed by atoms with Gasteiger partial charge in [-0.2, -0.15) is 0 Å². The Labute approximate surface area is 156 Å². The third-order valence-corrected chi connectivity index (χ3v) is 7.02. The first kappa shape index (κ1) is 17.6. The Morgan fingerprint density at radius 2 is 2.04 bits per heavy atom. The number of aryl methyl sites for hydroxylation is 1. The SMILES string of the molecule is CC(C)(C)NC(=O)C1=CC[C@H]2[C@@H]3CCc4cc(O)ccc4[C@H]3CC[C@]12C. The van der Waals surface area contributed by atoms with E-state index in [4.69, 9.17) is 0 Å². The molecular weight excluding hydrogens is 322 g/mol. The number of aromatic hydroxyl groups is 1. The summed E-state index contributed by atoms with van der Waals surface area (Å²) in [5.74, 6) is 2.29. The van der Waals surface area contributed by atoms with Crippen LogP contribution in [0.5, 0.6) is 5.75 Å². The number of rotatable bonds is 1. The maximum absolute atomic E-state index is 12.9. The van der Waals surface area contributed by atoms with Crippen LogP contribution in [0.25, 0.3) is 0 Å². The first-order chi connectivity index (χ1) is 12.2. The van der Waals surface area contributed by atoms with E-state index < -0.39 is 0 Å². The molecule has 1 fully saturated rings. The van der Waals surface area contributed by atoms with Crippen LogP contribution in [0.2, 0.25) is 0 Å². The molecule has 26 heavy (non-hydrogen) atoms. The first-order valence-corrected chi connectivity index (χ1v) is 10.0. The van der Waals surface area contributed by atoms with E-state index in [1.165, 1.54) is 17.5 Å². The Morgan fingerprint density at radius 3 is 2.77 bits per heavy atom. The van der Waals surface area contributed by atoms with Crippen molar-refractivity contribution in [2.24, 2.45) is 17.3 Å². The fourth-order valence-corrected chi connectivity index (χ4v) is 5.90. The lowest BCUT2D eigenvalue weighted by molar-refractivity contribution is -0.120. The van der Waals surface area contributed by atoms with Crippen LogP contribution in [0.3, 0.4) is 0 Å². The lowest BCUT2D eigenvalue weighted by Gasteiger charge is -2.50. The quantitative estimate of drug-likeness (QED) is 0.769. The minimum absolute atomic E-state index is 0.00488. The molecule has 140 valence electrons. The minimum atomic E-state index is -0.199. The van der Waals surface area contributed by atoms with Gasteiger partial charge >= 0.3 is 0 Å². The summed E-state index contributed by atoms with van der Waals surface area (Å²) in [6, 6.07) is 5.93. The first-order valence-electron chi connectivity index (χ1n) is 10.0. The average Bonchev–Trinajstić information content (AvgIpc) is 2.90. The van der Waals surface area contributed by atoms with Crippen LogP contribution in [-0.2, 0) is 11.2 Å². The Kier molecular flexibility index (Phi) is 3.98. The summed E-state index contributed by atoms with van der Waals surface area (Å²) >= 11 is 0. The van der Waals surface area contributed by atoms with E-state index in [2.05, 4.69) is 24.4 Å². The smallest absolute Gasteiger partial charge is 0.247 e. The normalized spacial score (nSPS) is 32.9. The zero-order valence-corrected chi connectivity index (χ0v) is 16.4. The number of carbonyl (C=O) groups excluding carboxylic acids is 1. The number of amides is 1. The molecule has 1 aromatic carbocycles. The Hall–Kier alpha value is -1.77. The van der Waals surface area contributed by atoms with Gasteiger partial charge in [-0.15, -0.1) is 0 Å². The van der Waals surface area contributed by atoms with E-state index in [1.807, 2.05) is 32.9 Å². The Balaban J connectivity index is 1.60. The van der Waals surface area contributed by atoms with Gasteiger partial charge in [-0.1, -0.05) is 19.1 Å². The number of benzene rings is 1. The van der Waals surface area contributed by atoms with Crippen molar-refractivity contribution in [3.05, 3.63) is 41.0 Å². The third kappa shape index (κ3) is 2.76. The molecule has 3 aliphatic rings. The molecule has 0 unspecified atom stereocenters. The highest BCUT2D eigenvalue weighted by Crippen LogP contribution is 2.61. The molecule has 0 saturated heterocycles. The van der Waals surface area contributed by atoms with Crippen LogP contribution in [0.4, 0.5) is 0 Å². The molecule has 0 bridgehead atoms. The van der Waals surface area contributed by atoms with Gasteiger partial charge in [0.15, 0.2) is 0 Å². The van der Waals surface area contributed by atoms with E-state index in [1.54, 1.807) is 0 Å². The molecule has 1 amide bonds. The van der Waals surface area contributed by atoms with Crippen LogP contribution >= 0.6 is 0 Å². The fourth-order valence-electron chi connectivity index (χ4n) is 5.90. The second kappa shape index (κ2) is 5.87. The number of nitrogens with one attached hydrogen (secondary N) is 1. The number of hydrogen-bond donors (Lipinski definition) is 2. The van der Waals surface area contributed by atoms with Gasteiger partial charge < -0.3 is 10.4 Å². The number of hydrogen-bond acceptors (Lipinski definition) is 2. The fraction of sp³-hybridized carbons (Fsp3) is 0.609. The standard InChI is InChI=1S/C23H31NO2/c1-22(2,3)24-21(26)20-10-9-19-18-7-5-14-13-15(25)6-8-16(14)17(18)11-12-23(19,20)4/h6,8,10,13,17-19,25H,5,7,9,11-12H2,1-4H3,(H,24,26)/t17-,18-,19+,23+/m1/s1.